The van der Waals surface area contributed by atoms with Crippen LogP contribution in [-0.4, -0.2) is 201 Å². The Balaban J connectivity index is 1.17. The third kappa shape index (κ3) is 20.1. The van der Waals surface area contributed by atoms with E-state index in [-0.39, 0.29) is 107 Å². The fraction of sp³-hybridized carbons (Fsp3) is 0.578. The molecule has 5 aliphatic heterocycles. The largest absolute Gasteiger partial charge is 0.494 e. The lowest BCUT2D eigenvalue weighted by Gasteiger charge is -2.33. The first kappa shape index (κ1) is 71.4. The van der Waals surface area contributed by atoms with Gasteiger partial charge in [-0.15, -0.1) is 0 Å². The number of nitrogens with one attached hydrogen (secondary N) is 7. The fourth-order valence-corrected chi connectivity index (χ4v) is 14.4. The Kier molecular flexibility index (Phi) is 26.3. The van der Waals surface area contributed by atoms with Gasteiger partial charge in [-0.1, -0.05) is 43.3 Å². The summed E-state index contributed by atoms with van der Waals surface area (Å²) in [5.74, 6) is -8.68. The molecule has 94 heavy (non-hydrogen) atoms. The Hall–Kier alpha value is -8.41. The summed E-state index contributed by atoms with van der Waals surface area (Å²) in [4.78, 5) is 181. The summed E-state index contributed by atoms with van der Waals surface area (Å²) in [5.41, 5.74) is 14.3. The Morgan fingerprint density at radius 1 is 0.628 bits per heavy atom. The summed E-state index contributed by atoms with van der Waals surface area (Å²) in [6.45, 7) is 4.52. The van der Waals surface area contributed by atoms with Crippen molar-refractivity contribution < 1.29 is 72.2 Å². The van der Waals surface area contributed by atoms with Crippen molar-refractivity contribution in [2.75, 3.05) is 44.4 Å². The van der Waals surface area contributed by atoms with E-state index in [2.05, 4.69) is 42.0 Å². The number of carbonyl (C=O) groups excluding carboxylic acids is 11. The molecule has 28 nitrogen and oxygen atoms in total. The van der Waals surface area contributed by atoms with Crippen molar-refractivity contribution in [3.05, 3.63) is 65.4 Å². The van der Waals surface area contributed by atoms with Gasteiger partial charge in [0, 0.05) is 79.0 Å². The number of carboxylic acids is 1. The van der Waals surface area contributed by atoms with E-state index in [1.54, 1.807) is 6.20 Å². The molecule has 4 bridgehead atoms. The van der Waals surface area contributed by atoms with E-state index in [0.29, 0.717) is 50.0 Å². The maximum Gasteiger partial charge on any atom is 0.303 e. The minimum atomic E-state index is -1.47. The molecule has 30 heteroatoms. The first-order valence-corrected chi connectivity index (χ1v) is 34.6. The number of fused-ring (bicyclic) bond motifs is 9. The second kappa shape index (κ2) is 34.7. The van der Waals surface area contributed by atoms with Crippen LogP contribution in [-0.2, 0) is 80.3 Å². The summed E-state index contributed by atoms with van der Waals surface area (Å²) in [6.07, 6.45) is 5.59. The van der Waals surface area contributed by atoms with E-state index in [1.165, 1.54) is 38.2 Å². The molecule has 0 spiro atoms. The van der Waals surface area contributed by atoms with Crippen LogP contribution in [0.15, 0.2) is 53.8 Å². The molecule has 0 radical (unpaired) electrons. The van der Waals surface area contributed by atoms with Gasteiger partial charge in [0.15, 0.2) is 0 Å². The van der Waals surface area contributed by atoms with Crippen LogP contribution in [0.4, 0.5) is 0 Å². The Morgan fingerprint density at radius 2 is 1.18 bits per heavy atom. The molecule has 12 N–H and O–H groups in total. The SMILES string of the molecule is CC(C)C[C@@H]1NC(=O)[C@@H]2CCCN2C(=O)[C@H](Cc2c[nH]c3ccccc23)NC(=O)[C@@H]2CCCN2C(=O)[C@@H]2CSCc3cc(cc(c3)OCCCCCCO/N=C/C(=O)N[C@@H](CCC(=O)O)C(=O)N2)CSC[C@@H](C(N)=O)NC(=O)[C@H](CCC(N)=O)NC(=O)[C@@H]2CCCN2C1=O. The van der Waals surface area contributed by atoms with Gasteiger partial charge in [-0.25, -0.2) is 0 Å². The van der Waals surface area contributed by atoms with Crippen LogP contribution in [0.5, 0.6) is 5.75 Å². The molecular weight excluding hydrogens is 1250 g/mol. The second-order valence-corrected chi connectivity index (χ2v) is 26.9. The van der Waals surface area contributed by atoms with Crippen molar-refractivity contribution in [1.29, 1.82) is 0 Å². The first-order valence-electron chi connectivity index (χ1n) is 32.3. The highest BCUT2D eigenvalue weighted by Gasteiger charge is 2.45. The van der Waals surface area contributed by atoms with Gasteiger partial charge in [-0.2, -0.15) is 23.5 Å². The molecule has 8 rings (SSSR count). The molecule has 3 fully saturated rings. The summed E-state index contributed by atoms with van der Waals surface area (Å²) < 4.78 is 6.29. The molecular formula is C64H87N13O15S2. The number of para-hydroxylation sites is 1. The lowest BCUT2D eigenvalue weighted by Crippen LogP contribution is -2.60. The quantitative estimate of drug-likeness (QED) is 0.130. The maximum absolute atomic E-state index is 15.3. The minimum Gasteiger partial charge on any atom is -0.494 e. The van der Waals surface area contributed by atoms with E-state index in [1.807, 2.05) is 56.3 Å². The number of primary amides is 2. The number of oxime groups is 1. The molecule has 0 aliphatic carbocycles. The molecule has 3 saturated heterocycles. The number of amides is 11. The molecule has 3 aromatic rings. The molecule has 2 aromatic carbocycles. The fourth-order valence-electron chi connectivity index (χ4n) is 12.5. The standard InChI is InChI=1S/C64H87N13O15S2/c1-37(2)26-46-62(88)75-21-9-14-50(75)59(85)70-45(17-19-53(65)78)58(84)73-48(56(66)82)35-93-33-38-27-39-29-41(28-38)91-24-7-3-4-8-25-92-68-32-54(79)69-44(18-20-55(80)81)57(83)74-49(36-94-34-39)64(90)77-23-11-16-52(77)61(87)72-47(30-40-31-67-43-13-6-5-12-42(40)43)63(89)76-22-10-15-51(76)60(86)71-46/h5-6,12-13,27-29,31-32,37,44-52,67H,3-4,7-11,14-26,30,33-36H2,1-2H3,(H2,65,78)(H2,66,82)(H,69,79)(H,70,85)(H,71,86)(H,72,87)(H,73,84)(H,74,83)(H,80,81)/b68-32+/t44-,45-,46-,47-,48-,49-,50-,51-,52-/m0/s1. The van der Waals surface area contributed by atoms with E-state index >= 15 is 14.4 Å². The van der Waals surface area contributed by atoms with Crippen molar-refractivity contribution in [1.82, 2.24) is 51.6 Å². The third-order valence-electron chi connectivity index (χ3n) is 17.2. The van der Waals surface area contributed by atoms with Crippen LogP contribution in [0.2, 0.25) is 0 Å². The minimum absolute atomic E-state index is 0.0416. The van der Waals surface area contributed by atoms with Gasteiger partial charge in [0.25, 0.3) is 5.91 Å². The number of aromatic amines is 1. The number of nitrogens with two attached hydrogens (primary N) is 2. The number of aliphatic carboxylic acids is 1. The maximum atomic E-state index is 15.3. The number of carbonyl (C=O) groups is 12. The highest BCUT2D eigenvalue weighted by molar-refractivity contribution is 7.98. The highest BCUT2D eigenvalue weighted by Crippen LogP contribution is 2.29. The van der Waals surface area contributed by atoms with E-state index < -0.39 is 132 Å². The smallest absolute Gasteiger partial charge is 0.303 e. The zero-order chi connectivity index (χ0) is 67.4. The van der Waals surface area contributed by atoms with Gasteiger partial charge >= 0.3 is 5.97 Å². The van der Waals surface area contributed by atoms with Crippen molar-refractivity contribution >= 4 is 112 Å². The molecule has 5 aliphatic rings. The zero-order valence-corrected chi connectivity index (χ0v) is 54.7. The van der Waals surface area contributed by atoms with Gasteiger partial charge < -0.3 is 77.7 Å². The van der Waals surface area contributed by atoms with Crippen molar-refractivity contribution in [2.45, 2.75) is 182 Å². The lowest BCUT2D eigenvalue weighted by atomic mass is 10.0. The zero-order valence-electron chi connectivity index (χ0n) is 53.1. The predicted octanol–water partition coefficient (Wildman–Crippen LogP) is 1.39. The molecule has 0 saturated carbocycles. The van der Waals surface area contributed by atoms with E-state index in [0.717, 1.165) is 41.1 Å². The summed E-state index contributed by atoms with van der Waals surface area (Å²) >= 11 is 2.50. The number of benzene rings is 2. The number of aromatic nitrogens is 1. The molecule has 6 heterocycles. The number of hydrogen-bond donors (Lipinski definition) is 10. The monoisotopic (exact) mass is 1340 g/mol. The topological polar surface area (TPSA) is 406 Å². The molecule has 9 atom stereocenters. The number of thioether (sulfide) groups is 2. The van der Waals surface area contributed by atoms with Crippen LogP contribution in [0.25, 0.3) is 10.9 Å². The van der Waals surface area contributed by atoms with Gasteiger partial charge in [0.2, 0.25) is 59.1 Å². The number of hydrogen-bond acceptors (Lipinski definition) is 17. The van der Waals surface area contributed by atoms with Crippen LogP contribution < -0.4 is 48.1 Å². The number of carboxylic acid groups (broad SMARTS) is 1. The van der Waals surface area contributed by atoms with Crippen LogP contribution in [0.1, 0.15) is 127 Å². The summed E-state index contributed by atoms with van der Waals surface area (Å²) in [6, 6.07) is 1.55. The number of nitrogens with zero attached hydrogens (tertiary/aromatic N) is 4. The molecule has 510 valence electrons. The van der Waals surface area contributed by atoms with Gasteiger partial charge in [0.05, 0.1) is 6.61 Å². The number of H-pyrrole nitrogens is 1. The average Bonchev–Trinajstić information content (AvgIpc) is 1.62. The highest BCUT2D eigenvalue weighted by atomic mass is 32.2. The Morgan fingerprint density at radius 3 is 1.80 bits per heavy atom. The van der Waals surface area contributed by atoms with E-state index in [4.69, 9.17) is 21.0 Å². The molecule has 0 unspecified atom stereocenters. The summed E-state index contributed by atoms with van der Waals surface area (Å²) in [5, 5.41) is 30.7. The van der Waals surface area contributed by atoms with Gasteiger partial charge in [0.1, 0.15) is 72.9 Å². The average molecular weight is 1340 g/mol. The third-order valence-corrected chi connectivity index (χ3v) is 19.4. The van der Waals surface area contributed by atoms with Crippen molar-refractivity contribution in [2.24, 2.45) is 22.5 Å². The van der Waals surface area contributed by atoms with Crippen LogP contribution >= 0.6 is 23.5 Å². The first-order chi connectivity index (χ1) is 45.1. The molecule has 1 aromatic heterocycles. The van der Waals surface area contributed by atoms with Crippen molar-refractivity contribution in [3.63, 3.8) is 0 Å². The van der Waals surface area contributed by atoms with Crippen LogP contribution in [0.3, 0.4) is 0 Å². The Bertz CT molecular complexity index is 3290. The van der Waals surface area contributed by atoms with Gasteiger partial charge in [-0.05, 0) is 124 Å². The number of rotatable bonds is 11. The van der Waals surface area contributed by atoms with Gasteiger partial charge in [-0.3, -0.25) is 57.5 Å². The number of ether oxygens (including phenoxy) is 1. The second-order valence-electron chi connectivity index (χ2n) is 24.8. The van der Waals surface area contributed by atoms with E-state index in [9.17, 15) is 48.3 Å². The van der Waals surface area contributed by atoms with Crippen molar-refractivity contribution in [3.8, 4) is 5.75 Å². The lowest BCUT2D eigenvalue weighted by molar-refractivity contribution is -0.145. The van der Waals surface area contributed by atoms with Crippen LogP contribution in [0, 0.1) is 5.92 Å². The predicted molar refractivity (Wildman–Crippen MR) is 349 cm³/mol. The molecule has 11 amide bonds. The normalized spacial score (nSPS) is 26.3. The summed E-state index contributed by atoms with van der Waals surface area (Å²) in [7, 11) is 0. The Labute approximate surface area is 553 Å².